The molecule has 2 fully saturated rings. The SMILES string of the molecule is CC1CNCCC1C(=O)NCCCC1CCCC1. The quantitative estimate of drug-likeness (QED) is 0.737. The van der Waals surface area contributed by atoms with Gasteiger partial charge in [-0.15, -0.1) is 0 Å². The normalized spacial score (nSPS) is 29.4. The fourth-order valence-corrected chi connectivity index (χ4v) is 3.44. The van der Waals surface area contributed by atoms with E-state index in [1.54, 1.807) is 0 Å². The molecule has 0 bridgehead atoms. The van der Waals surface area contributed by atoms with Gasteiger partial charge in [0.15, 0.2) is 0 Å². The van der Waals surface area contributed by atoms with Crippen LogP contribution in [0.1, 0.15) is 51.9 Å². The van der Waals surface area contributed by atoms with E-state index in [2.05, 4.69) is 17.6 Å². The first-order valence-electron chi connectivity index (χ1n) is 7.76. The van der Waals surface area contributed by atoms with Gasteiger partial charge in [-0.1, -0.05) is 32.6 Å². The second kappa shape index (κ2) is 7.13. The minimum atomic E-state index is 0.234. The Morgan fingerprint density at radius 3 is 2.78 bits per heavy atom. The molecule has 0 radical (unpaired) electrons. The highest BCUT2D eigenvalue weighted by Crippen LogP contribution is 2.28. The van der Waals surface area contributed by atoms with Crippen molar-refractivity contribution in [3.8, 4) is 0 Å². The highest BCUT2D eigenvalue weighted by molar-refractivity contribution is 5.79. The van der Waals surface area contributed by atoms with Crippen molar-refractivity contribution in [3.05, 3.63) is 0 Å². The van der Waals surface area contributed by atoms with Crippen molar-refractivity contribution in [2.24, 2.45) is 17.8 Å². The van der Waals surface area contributed by atoms with Gasteiger partial charge in [0.05, 0.1) is 0 Å². The van der Waals surface area contributed by atoms with Crippen molar-refractivity contribution in [1.29, 1.82) is 0 Å². The van der Waals surface area contributed by atoms with E-state index in [0.29, 0.717) is 5.92 Å². The minimum Gasteiger partial charge on any atom is -0.356 e. The summed E-state index contributed by atoms with van der Waals surface area (Å²) in [4.78, 5) is 12.1. The lowest BCUT2D eigenvalue weighted by atomic mass is 9.87. The van der Waals surface area contributed by atoms with Gasteiger partial charge in [0.25, 0.3) is 0 Å². The van der Waals surface area contributed by atoms with Crippen LogP contribution in [0.15, 0.2) is 0 Å². The van der Waals surface area contributed by atoms with E-state index >= 15 is 0 Å². The summed E-state index contributed by atoms with van der Waals surface area (Å²) in [5, 5.41) is 6.48. The lowest BCUT2D eigenvalue weighted by molar-refractivity contribution is -0.127. The number of carbonyl (C=O) groups excluding carboxylic acids is 1. The van der Waals surface area contributed by atoms with Crippen LogP contribution in [-0.2, 0) is 4.79 Å². The van der Waals surface area contributed by atoms with E-state index in [0.717, 1.165) is 38.4 Å². The number of rotatable bonds is 5. The second-order valence-corrected chi connectivity index (χ2v) is 6.16. The van der Waals surface area contributed by atoms with Crippen molar-refractivity contribution >= 4 is 5.91 Å². The van der Waals surface area contributed by atoms with E-state index in [1.807, 2.05) is 0 Å². The smallest absolute Gasteiger partial charge is 0.223 e. The first kappa shape index (κ1) is 13.9. The number of piperidine rings is 1. The number of nitrogens with one attached hydrogen (secondary N) is 2. The molecule has 1 aliphatic heterocycles. The van der Waals surface area contributed by atoms with Crippen molar-refractivity contribution in [2.75, 3.05) is 19.6 Å². The van der Waals surface area contributed by atoms with E-state index in [1.165, 1.54) is 32.1 Å². The van der Waals surface area contributed by atoms with Gasteiger partial charge in [-0.05, 0) is 44.2 Å². The summed E-state index contributed by atoms with van der Waals surface area (Å²) in [6.45, 7) is 5.03. The molecule has 1 aliphatic carbocycles. The average Bonchev–Trinajstić information content (AvgIpc) is 2.88. The molecular weight excluding hydrogens is 224 g/mol. The van der Waals surface area contributed by atoms with Crippen molar-refractivity contribution in [3.63, 3.8) is 0 Å². The summed E-state index contributed by atoms with van der Waals surface area (Å²) in [6, 6.07) is 0. The lowest BCUT2D eigenvalue weighted by Crippen LogP contribution is -2.43. The number of carbonyl (C=O) groups is 1. The van der Waals surface area contributed by atoms with Crippen LogP contribution in [-0.4, -0.2) is 25.5 Å². The highest BCUT2D eigenvalue weighted by Gasteiger charge is 2.27. The van der Waals surface area contributed by atoms with Gasteiger partial charge in [0.2, 0.25) is 5.91 Å². The Kier molecular flexibility index (Phi) is 5.48. The van der Waals surface area contributed by atoms with Crippen LogP contribution < -0.4 is 10.6 Å². The van der Waals surface area contributed by atoms with E-state index < -0.39 is 0 Å². The van der Waals surface area contributed by atoms with Crippen LogP contribution >= 0.6 is 0 Å². The fraction of sp³-hybridized carbons (Fsp3) is 0.933. The molecule has 104 valence electrons. The van der Waals surface area contributed by atoms with Crippen LogP contribution in [0.5, 0.6) is 0 Å². The molecule has 2 atom stereocenters. The van der Waals surface area contributed by atoms with Crippen LogP contribution in [0.4, 0.5) is 0 Å². The predicted molar refractivity (Wildman–Crippen MR) is 74.3 cm³/mol. The summed E-state index contributed by atoms with van der Waals surface area (Å²) >= 11 is 0. The van der Waals surface area contributed by atoms with Crippen molar-refractivity contribution in [2.45, 2.75) is 51.9 Å². The largest absolute Gasteiger partial charge is 0.356 e. The van der Waals surface area contributed by atoms with Crippen LogP contribution in [0.3, 0.4) is 0 Å². The van der Waals surface area contributed by atoms with E-state index in [-0.39, 0.29) is 11.8 Å². The Hall–Kier alpha value is -0.570. The zero-order valence-electron chi connectivity index (χ0n) is 11.7. The molecule has 2 rings (SSSR count). The summed E-state index contributed by atoms with van der Waals surface area (Å²) in [6.07, 6.45) is 9.14. The average molecular weight is 252 g/mol. The maximum Gasteiger partial charge on any atom is 0.223 e. The number of amides is 1. The molecule has 0 spiro atoms. The molecule has 3 nitrogen and oxygen atoms in total. The molecule has 1 heterocycles. The molecule has 1 saturated carbocycles. The maximum absolute atomic E-state index is 12.1. The van der Waals surface area contributed by atoms with Crippen LogP contribution in [0.25, 0.3) is 0 Å². The van der Waals surface area contributed by atoms with E-state index in [4.69, 9.17) is 0 Å². The molecule has 2 unspecified atom stereocenters. The van der Waals surface area contributed by atoms with Crippen LogP contribution in [0, 0.1) is 17.8 Å². The molecule has 1 saturated heterocycles. The standard InChI is InChI=1S/C15H28N2O/c1-12-11-16-10-8-14(12)15(18)17-9-4-7-13-5-2-3-6-13/h12-14,16H,2-11H2,1H3,(H,17,18). The Bertz CT molecular complexity index is 261. The summed E-state index contributed by atoms with van der Waals surface area (Å²) in [5.41, 5.74) is 0. The molecule has 1 amide bonds. The lowest BCUT2D eigenvalue weighted by Gasteiger charge is -2.28. The summed E-state index contributed by atoms with van der Waals surface area (Å²) < 4.78 is 0. The molecule has 18 heavy (non-hydrogen) atoms. The first-order chi connectivity index (χ1) is 8.77. The van der Waals surface area contributed by atoms with E-state index in [9.17, 15) is 4.79 Å². The molecule has 3 heteroatoms. The topological polar surface area (TPSA) is 41.1 Å². The monoisotopic (exact) mass is 252 g/mol. The minimum absolute atomic E-state index is 0.234. The van der Waals surface area contributed by atoms with Crippen molar-refractivity contribution < 1.29 is 4.79 Å². The first-order valence-corrected chi connectivity index (χ1v) is 7.76. The Morgan fingerprint density at radius 2 is 2.06 bits per heavy atom. The van der Waals surface area contributed by atoms with Crippen molar-refractivity contribution in [1.82, 2.24) is 10.6 Å². The Balaban J connectivity index is 1.58. The summed E-state index contributed by atoms with van der Waals surface area (Å²) in [5.74, 6) is 1.95. The van der Waals surface area contributed by atoms with Gasteiger partial charge in [-0.2, -0.15) is 0 Å². The molecule has 2 aliphatic rings. The predicted octanol–water partition coefficient (Wildman–Crippen LogP) is 2.32. The number of hydrogen-bond acceptors (Lipinski definition) is 2. The zero-order valence-corrected chi connectivity index (χ0v) is 11.7. The van der Waals surface area contributed by atoms with Gasteiger partial charge in [-0.25, -0.2) is 0 Å². The third-order valence-electron chi connectivity index (χ3n) is 4.69. The highest BCUT2D eigenvalue weighted by atomic mass is 16.1. The Labute approximate surface area is 111 Å². The molecule has 0 aromatic heterocycles. The Morgan fingerprint density at radius 1 is 1.28 bits per heavy atom. The van der Waals surface area contributed by atoms with Gasteiger partial charge in [0, 0.05) is 12.5 Å². The maximum atomic E-state index is 12.1. The van der Waals surface area contributed by atoms with Gasteiger partial charge >= 0.3 is 0 Å². The van der Waals surface area contributed by atoms with Gasteiger partial charge in [-0.3, -0.25) is 4.79 Å². The van der Waals surface area contributed by atoms with Gasteiger partial charge in [0.1, 0.15) is 0 Å². The third kappa shape index (κ3) is 3.98. The third-order valence-corrected chi connectivity index (χ3v) is 4.69. The molecular formula is C15H28N2O. The molecule has 2 N–H and O–H groups in total. The molecule has 0 aromatic carbocycles. The number of hydrogen-bond donors (Lipinski definition) is 2. The zero-order chi connectivity index (χ0) is 12.8. The van der Waals surface area contributed by atoms with Gasteiger partial charge < -0.3 is 10.6 Å². The summed E-state index contributed by atoms with van der Waals surface area (Å²) in [7, 11) is 0. The van der Waals surface area contributed by atoms with Crippen LogP contribution in [0.2, 0.25) is 0 Å². The molecule has 0 aromatic rings. The fourth-order valence-electron chi connectivity index (χ4n) is 3.44. The second-order valence-electron chi connectivity index (χ2n) is 6.16.